The number of hydrogen-bond acceptors (Lipinski definition) is 4. The highest BCUT2D eigenvalue weighted by Crippen LogP contribution is 2.36. The summed E-state index contributed by atoms with van der Waals surface area (Å²) >= 11 is 22.3. The molecule has 0 spiro atoms. The van der Waals surface area contributed by atoms with Gasteiger partial charge in [-0.1, -0.05) is 40.9 Å². The normalized spacial score (nSPS) is 11.0. The van der Waals surface area contributed by atoms with Crippen molar-refractivity contribution in [1.82, 2.24) is 19.5 Å². The van der Waals surface area contributed by atoms with Crippen LogP contribution in [0.2, 0.25) is 15.2 Å². The minimum atomic E-state index is 0.239. The number of rotatable bonds is 3. The van der Waals surface area contributed by atoms with Gasteiger partial charge in [0.05, 0.1) is 23.2 Å². The summed E-state index contributed by atoms with van der Waals surface area (Å²) in [6, 6.07) is 12.9. The molecule has 0 radical (unpaired) electrons. The predicted octanol–water partition coefficient (Wildman–Crippen LogP) is 6.14. The van der Waals surface area contributed by atoms with E-state index in [-0.39, 0.29) is 5.15 Å². The third-order valence-corrected chi connectivity index (χ3v) is 6.00. The van der Waals surface area contributed by atoms with Gasteiger partial charge in [0.15, 0.2) is 10.8 Å². The van der Waals surface area contributed by atoms with Crippen LogP contribution in [0.1, 0.15) is 11.1 Å². The van der Waals surface area contributed by atoms with Crippen molar-refractivity contribution in [3.05, 3.63) is 73.5 Å². The number of imidazole rings is 1. The van der Waals surface area contributed by atoms with Crippen LogP contribution in [-0.2, 0) is 6.54 Å². The van der Waals surface area contributed by atoms with Crippen LogP contribution in [0, 0.1) is 11.3 Å². The number of benzene rings is 2. The van der Waals surface area contributed by atoms with Gasteiger partial charge in [-0.3, -0.25) is 0 Å². The first-order valence-corrected chi connectivity index (χ1v) is 9.92. The summed E-state index contributed by atoms with van der Waals surface area (Å²) in [6.07, 6.45) is 1.37. The number of nitriles is 1. The zero-order valence-electron chi connectivity index (χ0n) is 14.0. The lowest BCUT2D eigenvalue weighted by atomic mass is 10.1. The molecular formula is C19H9BrCl3N5. The van der Waals surface area contributed by atoms with Crippen molar-refractivity contribution in [3.63, 3.8) is 0 Å². The first kappa shape index (κ1) is 19.2. The third kappa shape index (κ3) is 3.36. The molecule has 0 aliphatic carbocycles. The second-order valence-corrected chi connectivity index (χ2v) is 7.90. The van der Waals surface area contributed by atoms with E-state index in [2.05, 4.69) is 37.0 Å². The van der Waals surface area contributed by atoms with Crippen molar-refractivity contribution in [2.45, 2.75) is 6.54 Å². The van der Waals surface area contributed by atoms with Crippen molar-refractivity contribution in [2.24, 2.45) is 0 Å². The second kappa shape index (κ2) is 7.69. The maximum absolute atomic E-state index is 9.47. The van der Waals surface area contributed by atoms with Crippen molar-refractivity contribution < 1.29 is 0 Å². The molecule has 0 aliphatic heterocycles. The quantitative estimate of drug-likeness (QED) is 0.322. The largest absolute Gasteiger partial charge is 0.304 e. The number of halogens is 4. The molecule has 0 fully saturated rings. The van der Waals surface area contributed by atoms with Crippen LogP contribution in [0.5, 0.6) is 0 Å². The molecule has 0 bridgehead atoms. The molecule has 2 aromatic carbocycles. The maximum Gasteiger partial charge on any atom is 0.165 e. The molecule has 28 heavy (non-hydrogen) atoms. The van der Waals surface area contributed by atoms with Crippen molar-refractivity contribution in [1.29, 1.82) is 5.26 Å². The Morgan fingerprint density at radius 2 is 1.93 bits per heavy atom. The van der Waals surface area contributed by atoms with Gasteiger partial charge in [0.2, 0.25) is 0 Å². The van der Waals surface area contributed by atoms with Gasteiger partial charge in [-0.15, -0.1) is 0 Å². The van der Waals surface area contributed by atoms with Gasteiger partial charge >= 0.3 is 0 Å². The lowest BCUT2D eigenvalue weighted by Crippen LogP contribution is -2.05. The molecule has 4 aromatic rings. The van der Waals surface area contributed by atoms with E-state index in [1.165, 1.54) is 6.33 Å². The van der Waals surface area contributed by atoms with Crippen molar-refractivity contribution in [3.8, 4) is 17.5 Å². The molecule has 2 heterocycles. The third-order valence-electron chi connectivity index (χ3n) is 4.20. The van der Waals surface area contributed by atoms with Gasteiger partial charge < -0.3 is 4.57 Å². The summed E-state index contributed by atoms with van der Waals surface area (Å²) in [5.41, 5.74) is 2.94. The van der Waals surface area contributed by atoms with Crippen molar-refractivity contribution >= 4 is 61.9 Å². The van der Waals surface area contributed by atoms with Gasteiger partial charge in [-0.2, -0.15) is 5.26 Å². The monoisotopic (exact) mass is 491 g/mol. The molecule has 9 heteroatoms. The van der Waals surface area contributed by atoms with Crippen LogP contribution in [0.3, 0.4) is 0 Å². The minimum absolute atomic E-state index is 0.239. The molecule has 0 aliphatic rings. The van der Waals surface area contributed by atoms with E-state index in [0.717, 1.165) is 10.0 Å². The lowest BCUT2D eigenvalue weighted by molar-refractivity contribution is 0.820. The van der Waals surface area contributed by atoms with Gasteiger partial charge in [-0.25, -0.2) is 15.0 Å². The molecule has 0 unspecified atom stereocenters. The molecule has 0 N–H and O–H groups in total. The molecule has 4 rings (SSSR count). The number of fused-ring (bicyclic) bond motifs is 1. The first-order chi connectivity index (χ1) is 13.5. The summed E-state index contributed by atoms with van der Waals surface area (Å²) in [5, 5.41) is 10.8. The van der Waals surface area contributed by atoms with E-state index >= 15 is 0 Å². The number of nitrogens with zero attached hydrogens (tertiary/aromatic N) is 5. The lowest BCUT2D eigenvalue weighted by Gasteiger charge is -2.12. The van der Waals surface area contributed by atoms with Crippen LogP contribution >= 0.6 is 50.7 Å². The van der Waals surface area contributed by atoms with E-state index in [1.54, 1.807) is 18.2 Å². The van der Waals surface area contributed by atoms with Crippen LogP contribution in [0.15, 0.2) is 47.2 Å². The zero-order valence-corrected chi connectivity index (χ0v) is 17.9. The summed E-state index contributed by atoms with van der Waals surface area (Å²) in [6.45, 7) is 0.311. The smallest absolute Gasteiger partial charge is 0.165 e. The Bertz CT molecular complexity index is 1260. The minimum Gasteiger partial charge on any atom is -0.304 e. The average Bonchev–Trinajstić information content (AvgIpc) is 3.04. The first-order valence-electron chi connectivity index (χ1n) is 7.99. The average molecular weight is 494 g/mol. The maximum atomic E-state index is 9.47. The summed E-state index contributed by atoms with van der Waals surface area (Å²) < 4.78 is 2.59. The molecule has 0 saturated carbocycles. The van der Waals surface area contributed by atoms with E-state index in [1.807, 2.05) is 22.8 Å². The standard InChI is InChI=1S/C19H9BrCl3N5/c20-14-3-1-2-13(15(14)22)18-27-16-17(23)25-9-26-19(16)28(18)8-11-6-12(21)5-4-10(11)7-24/h1-6,9H,8H2. The fourth-order valence-corrected chi connectivity index (χ4v) is 3.86. The molecule has 138 valence electrons. The van der Waals surface area contributed by atoms with Gasteiger partial charge in [0.1, 0.15) is 17.7 Å². The van der Waals surface area contributed by atoms with Crippen LogP contribution in [0.4, 0.5) is 0 Å². The van der Waals surface area contributed by atoms with E-state index in [9.17, 15) is 5.26 Å². The Kier molecular flexibility index (Phi) is 5.26. The van der Waals surface area contributed by atoms with E-state index < -0.39 is 0 Å². The Morgan fingerprint density at radius 1 is 1.11 bits per heavy atom. The topological polar surface area (TPSA) is 67.4 Å². The molecule has 0 atom stereocenters. The summed E-state index contributed by atoms with van der Waals surface area (Å²) in [4.78, 5) is 13.0. The van der Waals surface area contributed by atoms with Gasteiger partial charge in [0, 0.05) is 15.1 Å². The SMILES string of the molecule is N#Cc1ccc(Cl)cc1Cn1c(-c2cccc(Br)c2Cl)nc2c(Cl)ncnc21. The van der Waals surface area contributed by atoms with Gasteiger partial charge in [0.25, 0.3) is 0 Å². The van der Waals surface area contributed by atoms with Crippen molar-refractivity contribution in [2.75, 3.05) is 0 Å². The van der Waals surface area contributed by atoms with E-state index in [4.69, 9.17) is 34.8 Å². The highest BCUT2D eigenvalue weighted by molar-refractivity contribution is 9.10. The fraction of sp³-hybridized carbons (Fsp3) is 0.0526. The Labute approximate surface area is 183 Å². The predicted molar refractivity (Wildman–Crippen MR) is 114 cm³/mol. The molecule has 0 saturated heterocycles. The molecule has 2 aromatic heterocycles. The fourth-order valence-electron chi connectivity index (χ4n) is 2.91. The summed E-state index contributed by atoms with van der Waals surface area (Å²) in [7, 11) is 0. The van der Waals surface area contributed by atoms with Crippen LogP contribution < -0.4 is 0 Å². The Morgan fingerprint density at radius 3 is 2.71 bits per heavy atom. The second-order valence-electron chi connectivity index (χ2n) is 5.87. The van der Waals surface area contributed by atoms with Gasteiger partial charge in [-0.05, 0) is 51.8 Å². The number of hydrogen-bond donors (Lipinski definition) is 0. The molecule has 0 amide bonds. The molecular weight excluding hydrogens is 485 g/mol. The summed E-state index contributed by atoms with van der Waals surface area (Å²) in [5.74, 6) is 0.563. The Balaban J connectivity index is 2.00. The highest BCUT2D eigenvalue weighted by Gasteiger charge is 2.20. The zero-order chi connectivity index (χ0) is 19.8. The van der Waals surface area contributed by atoms with E-state index in [0.29, 0.717) is 44.7 Å². The highest BCUT2D eigenvalue weighted by atomic mass is 79.9. The number of aromatic nitrogens is 4. The van der Waals surface area contributed by atoms with Crippen LogP contribution in [-0.4, -0.2) is 19.5 Å². The molecule has 5 nitrogen and oxygen atoms in total. The Hall–Kier alpha value is -2.17. The van der Waals surface area contributed by atoms with Crippen LogP contribution in [0.25, 0.3) is 22.6 Å².